The van der Waals surface area contributed by atoms with Crippen LogP contribution in [0.25, 0.3) is 6.08 Å². The van der Waals surface area contributed by atoms with E-state index in [4.69, 9.17) is 0 Å². The Morgan fingerprint density at radius 2 is 2.00 bits per heavy atom. The van der Waals surface area contributed by atoms with E-state index in [1.807, 2.05) is 31.2 Å². The lowest BCUT2D eigenvalue weighted by molar-refractivity contribution is -0.755. The minimum absolute atomic E-state index is 0.243. The van der Waals surface area contributed by atoms with Crippen molar-refractivity contribution in [2.75, 3.05) is 6.61 Å². The second kappa shape index (κ2) is 5.79. The number of benzene rings is 1. The number of aryl methyl sites for hydroxylation is 1. The molecule has 5 heteroatoms. The van der Waals surface area contributed by atoms with Crippen LogP contribution in [-0.2, 0) is 9.63 Å². The second-order valence-electron chi connectivity index (χ2n) is 3.63. The topological polar surface area (TPSA) is 69.4 Å². The quantitative estimate of drug-likeness (QED) is 0.445. The molecule has 0 saturated heterocycles. The molecule has 0 aliphatic heterocycles. The van der Waals surface area contributed by atoms with Crippen LogP contribution in [-0.4, -0.2) is 17.5 Å². The molecule has 1 aromatic rings. The molecule has 0 bridgehead atoms. The van der Waals surface area contributed by atoms with Crippen molar-refractivity contribution < 1.29 is 14.7 Å². The van der Waals surface area contributed by atoms with E-state index in [-0.39, 0.29) is 18.0 Å². The van der Waals surface area contributed by atoms with Gasteiger partial charge in [0, 0.05) is 5.57 Å². The van der Waals surface area contributed by atoms with E-state index >= 15 is 0 Å². The van der Waals surface area contributed by atoms with E-state index in [0.29, 0.717) is 0 Å². The zero-order valence-corrected chi connectivity index (χ0v) is 9.67. The van der Waals surface area contributed by atoms with Gasteiger partial charge in [-0.3, -0.25) is 4.79 Å². The average Bonchev–Trinajstić information content (AvgIpc) is 2.26. The molecule has 0 heterocycles. The van der Waals surface area contributed by atoms with Crippen molar-refractivity contribution in [3.05, 3.63) is 51.1 Å². The Hall–Kier alpha value is -2.17. The second-order valence-corrected chi connectivity index (χ2v) is 3.63. The molecule has 1 aromatic carbocycles. The molecule has 0 fully saturated rings. The fourth-order valence-electron chi connectivity index (χ4n) is 1.23. The number of ketones is 1. The fourth-order valence-corrected chi connectivity index (χ4v) is 1.23. The molecule has 0 N–H and O–H groups in total. The van der Waals surface area contributed by atoms with E-state index in [9.17, 15) is 14.9 Å². The van der Waals surface area contributed by atoms with Gasteiger partial charge in [-0.2, -0.15) is 0 Å². The number of nitrogens with zero attached hydrogens (tertiary/aromatic N) is 1. The highest BCUT2D eigenvalue weighted by atomic mass is 16.9. The smallest absolute Gasteiger partial charge is 0.294 e. The Morgan fingerprint density at radius 3 is 2.47 bits per heavy atom. The third-order valence-corrected chi connectivity index (χ3v) is 2.20. The van der Waals surface area contributed by atoms with Crippen molar-refractivity contribution in [2.45, 2.75) is 13.8 Å². The molecule has 0 amide bonds. The van der Waals surface area contributed by atoms with E-state index in [2.05, 4.69) is 4.84 Å². The van der Waals surface area contributed by atoms with Crippen LogP contribution in [0.15, 0.2) is 29.8 Å². The lowest BCUT2D eigenvalue weighted by Crippen LogP contribution is -2.09. The van der Waals surface area contributed by atoms with Gasteiger partial charge in [-0.05, 0) is 25.5 Å². The van der Waals surface area contributed by atoms with Gasteiger partial charge in [0.05, 0.1) is 0 Å². The summed E-state index contributed by atoms with van der Waals surface area (Å²) < 4.78 is 0. The molecule has 17 heavy (non-hydrogen) atoms. The summed E-state index contributed by atoms with van der Waals surface area (Å²) in [4.78, 5) is 25.5. The van der Waals surface area contributed by atoms with E-state index in [1.54, 1.807) is 6.08 Å². The Bertz CT molecular complexity index is 448. The number of Topliss-reactive ketones (excluding diaryl/α,β-unsaturated/α-hetero) is 1. The molecule has 0 saturated carbocycles. The van der Waals surface area contributed by atoms with E-state index < -0.39 is 5.09 Å². The molecule has 1 rings (SSSR count). The van der Waals surface area contributed by atoms with Crippen molar-refractivity contribution in [1.29, 1.82) is 0 Å². The number of hydrogen-bond acceptors (Lipinski definition) is 4. The summed E-state index contributed by atoms with van der Waals surface area (Å²) in [5.74, 6) is -0.243. The largest absolute Gasteiger partial charge is 0.309 e. The number of carbonyl (C=O) groups is 1. The SMILES string of the molecule is CC(=O)/C(=C/c1ccc(C)cc1)CO[N+](=O)[O-]. The highest BCUT2D eigenvalue weighted by Crippen LogP contribution is 2.10. The first-order valence-corrected chi connectivity index (χ1v) is 5.04. The van der Waals surface area contributed by atoms with E-state index in [0.717, 1.165) is 11.1 Å². The van der Waals surface area contributed by atoms with Crippen LogP contribution in [0.1, 0.15) is 18.1 Å². The van der Waals surface area contributed by atoms with Crippen molar-refractivity contribution in [3.63, 3.8) is 0 Å². The van der Waals surface area contributed by atoms with Gasteiger partial charge >= 0.3 is 0 Å². The maximum absolute atomic E-state index is 11.3. The minimum Gasteiger partial charge on any atom is -0.309 e. The van der Waals surface area contributed by atoms with Crippen molar-refractivity contribution in [1.82, 2.24) is 0 Å². The van der Waals surface area contributed by atoms with Gasteiger partial charge in [-0.15, -0.1) is 10.1 Å². The lowest BCUT2D eigenvalue weighted by Gasteiger charge is -2.02. The predicted molar refractivity (Wildman–Crippen MR) is 62.8 cm³/mol. The Morgan fingerprint density at radius 1 is 1.41 bits per heavy atom. The molecule has 0 radical (unpaired) electrons. The standard InChI is InChI=1S/C12H13NO4/c1-9-3-5-11(6-4-9)7-12(10(2)14)8-17-13(15)16/h3-7H,8H2,1-2H3/b12-7+. The molecular weight excluding hydrogens is 222 g/mol. The van der Waals surface area contributed by atoms with Crippen LogP contribution in [0, 0.1) is 17.0 Å². The Labute approximate surface area is 98.8 Å². The third-order valence-electron chi connectivity index (χ3n) is 2.20. The first-order valence-electron chi connectivity index (χ1n) is 5.04. The predicted octanol–water partition coefficient (Wildman–Crippen LogP) is 2.18. The van der Waals surface area contributed by atoms with Gasteiger partial charge in [0.1, 0.15) is 6.61 Å². The summed E-state index contributed by atoms with van der Waals surface area (Å²) in [6, 6.07) is 7.48. The van der Waals surface area contributed by atoms with Gasteiger partial charge in [0.2, 0.25) is 0 Å². The highest BCUT2D eigenvalue weighted by molar-refractivity contribution is 5.97. The molecule has 0 aliphatic carbocycles. The first-order chi connectivity index (χ1) is 7.99. The van der Waals surface area contributed by atoms with Crippen molar-refractivity contribution in [3.8, 4) is 0 Å². The fraction of sp³-hybridized carbons (Fsp3) is 0.250. The van der Waals surface area contributed by atoms with Gasteiger partial charge in [0.25, 0.3) is 5.09 Å². The van der Waals surface area contributed by atoms with Crippen LogP contribution in [0.3, 0.4) is 0 Å². The molecule has 0 aromatic heterocycles. The lowest BCUT2D eigenvalue weighted by atomic mass is 10.1. The number of rotatable bonds is 5. The summed E-state index contributed by atoms with van der Waals surface area (Å²) in [5, 5.41) is 9.16. The molecule has 0 unspecified atom stereocenters. The van der Waals surface area contributed by atoms with E-state index in [1.165, 1.54) is 6.92 Å². The number of carbonyl (C=O) groups excluding carboxylic acids is 1. The summed E-state index contributed by atoms with van der Waals surface area (Å²) >= 11 is 0. The normalized spacial score (nSPS) is 11.1. The summed E-state index contributed by atoms with van der Waals surface area (Å²) in [6.45, 7) is 2.98. The molecule has 0 atom stereocenters. The monoisotopic (exact) mass is 235 g/mol. The summed E-state index contributed by atoms with van der Waals surface area (Å²) in [6.07, 6.45) is 1.59. The minimum atomic E-state index is -0.911. The van der Waals surface area contributed by atoms with Crippen LogP contribution in [0.5, 0.6) is 0 Å². The van der Waals surface area contributed by atoms with Crippen LogP contribution < -0.4 is 0 Å². The molecule has 90 valence electrons. The molecule has 0 aliphatic rings. The zero-order chi connectivity index (χ0) is 12.8. The first kappa shape index (κ1) is 12.9. The Kier molecular flexibility index (Phi) is 4.39. The molecule has 5 nitrogen and oxygen atoms in total. The maximum atomic E-state index is 11.3. The molecular formula is C12H13NO4. The third kappa shape index (κ3) is 4.46. The van der Waals surface area contributed by atoms with Crippen molar-refractivity contribution >= 4 is 11.9 Å². The maximum Gasteiger partial charge on any atom is 0.294 e. The van der Waals surface area contributed by atoms with Gasteiger partial charge in [-0.25, -0.2) is 0 Å². The summed E-state index contributed by atoms with van der Waals surface area (Å²) in [7, 11) is 0. The van der Waals surface area contributed by atoms with Gasteiger partial charge in [0.15, 0.2) is 5.78 Å². The van der Waals surface area contributed by atoms with Gasteiger partial charge < -0.3 is 4.84 Å². The van der Waals surface area contributed by atoms with Gasteiger partial charge in [-0.1, -0.05) is 29.8 Å². The summed E-state index contributed by atoms with van der Waals surface area (Å²) in [5.41, 5.74) is 2.19. The number of hydrogen-bond donors (Lipinski definition) is 0. The molecule has 0 spiro atoms. The van der Waals surface area contributed by atoms with Crippen LogP contribution in [0.4, 0.5) is 0 Å². The van der Waals surface area contributed by atoms with Crippen molar-refractivity contribution in [2.24, 2.45) is 0 Å². The van der Waals surface area contributed by atoms with Crippen LogP contribution in [0.2, 0.25) is 0 Å². The zero-order valence-electron chi connectivity index (χ0n) is 9.67. The van der Waals surface area contributed by atoms with Crippen LogP contribution >= 0.6 is 0 Å². The highest BCUT2D eigenvalue weighted by Gasteiger charge is 2.06. The average molecular weight is 235 g/mol. The Balaban J connectivity index is 2.86.